The van der Waals surface area contributed by atoms with Crippen molar-refractivity contribution >= 4 is 55.6 Å². The fourth-order valence-corrected chi connectivity index (χ4v) is 4.93. The van der Waals surface area contributed by atoms with Gasteiger partial charge in [-0.25, -0.2) is 0 Å². The lowest BCUT2D eigenvalue weighted by atomic mass is 10.4. The summed E-state index contributed by atoms with van der Waals surface area (Å²) >= 11 is 13.1. The predicted octanol–water partition coefficient (Wildman–Crippen LogP) is 4.63. The molecule has 0 N–H and O–H groups in total. The molecule has 0 saturated carbocycles. The van der Waals surface area contributed by atoms with Crippen molar-refractivity contribution in [3.8, 4) is 0 Å². The summed E-state index contributed by atoms with van der Waals surface area (Å²) in [6.07, 6.45) is 0. The first-order valence-corrected chi connectivity index (χ1v) is 7.61. The maximum Gasteiger partial charge on any atom is 0.262 e. The van der Waals surface area contributed by atoms with E-state index in [1.807, 2.05) is 24.3 Å². The molecule has 0 aliphatic heterocycles. The minimum Gasteiger partial charge on any atom is -0.275 e. The molecule has 78 valence electrons. The number of rotatable bonds is 2. The highest BCUT2D eigenvalue weighted by Gasteiger charge is 2.09. The summed E-state index contributed by atoms with van der Waals surface area (Å²) in [5.74, 6) is 0. The summed E-state index contributed by atoms with van der Waals surface area (Å²) < 4.78 is 0.770. The van der Waals surface area contributed by atoms with Crippen LogP contribution in [0.4, 0.5) is 0 Å². The second-order valence-electron chi connectivity index (χ2n) is 2.61. The van der Waals surface area contributed by atoms with Gasteiger partial charge in [-0.05, 0) is 34.6 Å². The number of hydrogen-bond donors (Lipinski definition) is 0. The second-order valence-corrected chi connectivity index (χ2v) is 6.88. The summed E-state index contributed by atoms with van der Waals surface area (Å²) in [5.41, 5.74) is 0. The number of benzene rings is 1. The molecule has 1 aromatic carbocycles. The van der Waals surface area contributed by atoms with Crippen molar-refractivity contribution in [2.75, 3.05) is 0 Å². The van der Waals surface area contributed by atoms with Crippen LogP contribution in [0, 0.1) is 0 Å². The fraction of sp³-hybridized carbons (Fsp3) is 0. The van der Waals surface area contributed by atoms with Gasteiger partial charge in [0.25, 0.3) is 4.74 Å². The molecule has 2 rings (SSSR count). The van der Waals surface area contributed by atoms with Crippen molar-refractivity contribution in [3.63, 3.8) is 0 Å². The molecule has 0 aliphatic rings. The van der Waals surface area contributed by atoms with Gasteiger partial charge in [0.15, 0.2) is 0 Å². The van der Waals surface area contributed by atoms with Crippen LogP contribution in [0.5, 0.6) is 0 Å². The Kier molecular flexibility index (Phi) is 3.74. The molecule has 1 heterocycles. The van der Waals surface area contributed by atoms with Crippen LogP contribution in [0.15, 0.2) is 38.2 Å². The minimum atomic E-state index is -0.0712. The van der Waals surface area contributed by atoms with Crippen LogP contribution in [0.25, 0.3) is 0 Å². The first-order chi connectivity index (χ1) is 7.16. The van der Waals surface area contributed by atoms with Crippen LogP contribution in [-0.4, -0.2) is 0 Å². The molecular formula is C9H4Cl2OS3. The van der Waals surface area contributed by atoms with Crippen molar-refractivity contribution in [3.05, 3.63) is 43.8 Å². The van der Waals surface area contributed by atoms with Gasteiger partial charge in [-0.3, -0.25) is 4.79 Å². The Labute approximate surface area is 108 Å². The van der Waals surface area contributed by atoms with E-state index >= 15 is 0 Å². The van der Waals surface area contributed by atoms with E-state index in [1.165, 1.54) is 22.1 Å². The smallest absolute Gasteiger partial charge is 0.262 e. The Balaban J connectivity index is 2.26. The summed E-state index contributed by atoms with van der Waals surface area (Å²) in [6, 6.07) is 7.43. The minimum absolute atomic E-state index is 0.0712. The van der Waals surface area contributed by atoms with Crippen LogP contribution in [0.3, 0.4) is 0 Å². The van der Waals surface area contributed by atoms with Crippen LogP contribution in [0.2, 0.25) is 10.0 Å². The van der Waals surface area contributed by atoms with Crippen molar-refractivity contribution in [1.82, 2.24) is 0 Å². The predicted molar refractivity (Wildman–Crippen MR) is 69.1 cm³/mol. The lowest BCUT2D eigenvalue weighted by molar-refractivity contribution is 1.45. The largest absolute Gasteiger partial charge is 0.275 e. The zero-order chi connectivity index (χ0) is 10.8. The molecule has 0 aliphatic carbocycles. The molecular weight excluding hydrogens is 291 g/mol. The van der Waals surface area contributed by atoms with Crippen molar-refractivity contribution in [2.24, 2.45) is 0 Å². The maximum absolute atomic E-state index is 11.1. The molecule has 0 fully saturated rings. The van der Waals surface area contributed by atoms with Crippen LogP contribution < -0.4 is 4.74 Å². The molecule has 0 saturated heterocycles. The van der Waals surface area contributed by atoms with Gasteiger partial charge in [0.05, 0.1) is 4.21 Å². The topological polar surface area (TPSA) is 17.1 Å². The van der Waals surface area contributed by atoms with Crippen molar-refractivity contribution in [2.45, 2.75) is 9.10 Å². The summed E-state index contributed by atoms with van der Waals surface area (Å²) in [5, 5.41) is 1.02. The number of halogens is 2. The third kappa shape index (κ3) is 2.77. The molecule has 2 aromatic rings. The molecule has 0 spiro atoms. The third-order valence-electron chi connectivity index (χ3n) is 1.58. The molecule has 6 heteroatoms. The van der Waals surface area contributed by atoms with E-state index in [9.17, 15) is 4.79 Å². The summed E-state index contributed by atoms with van der Waals surface area (Å²) in [4.78, 5) is 12.2. The fourth-order valence-electron chi connectivity index (χ4n) is 0.904. The van der Waals surface area contributed by atoms with Crippen molar-refractivity contribution < 1.29 is 0 Å². The molecule has 0 atom stereocenters. The van der Waals surface area contributed by atoms with E-state index in [2.05, 4.69) is 0 Å². The molecule has 1 nitrogen and oxygen atoms in total. The molecule has 0 radical (unpaired) electrons. The highest BCUT2D eigenvalue weighted by molar-refractivity contribution is 8.02. The van der Waals surface area contributed by atoms with E-state index in [-0.39, 0.29) is 4.74 Å². The Morgan fingerprint density at radius 3 is 2.27 bits per heavy atom. The van der Waals surface area contributed by atoms with Gasteiger partial charge in [-0.2, -0.15) is 0 Å². The van der Waals surface area contributed by atoms with Crippen molar-refractivity contribution in [1.29, 1.82) is 0 Å². The summed E-state index contributed by atoms with van der Waals surface area (Å²) in [6.45, 7) is 0. The highest BCUT2D eigenvalue weighted by atomic mass is 35.5. The Hall–Kier alpha value is -0.000000000000000111. The normalized spacial score (nSPS) is 10.5. The lowest BCUT2D eigenvalue weighted by Crippen LogP contribution is -1.86. The molecule has 1 aromatic heterocycles. The van der Waals surface area contributed by atoms with E-state index in [1.54, 1.807) is 0 Å². The molecule has 0 bridgehead atoms. The van der Waals surface area contributed by atoms with E-state index in [4.69, 9.17) is 23.2 Å². The number of hydrogen-bond acceptors (Lipinski definition) is 4. The summed E-state index contributed by atoms with van der Waals surface area (Å²) in [7, 11) is 2.56. The van der Waals surface area contributed by atoms with Gasteiger partial charge in [0, 0.05) is 9.92 Å². The first kappa shape index (κ1) is 11.5. The van der Waals surface area contributed by atoms with E-state index < -0.39 is 0 Å². The van der Waals surface area contributed by atoms with Gasteiger partial charge >= 0.3 is 0 Å². The Morgan fingerprint density at radius 1 is 1.07 bits per heavy atom. The zero-order valence-corrected chi connectivity index (χ0v) is 11.2. The average Bonchev–Trinajstić information content (AvgIpc) is 2.53. The van der Waals surface area contributed by atoms with E-state index in [0.717, 1.165) is 19.4 Å². The second kappa shape index (κ2) is 4.89. The van der Waals surface area contributed by atoms with E-state index in [0.29, 0.717) is 10.0 Å². The zero-order valence-electron chi connectivity index (χ0n) is 7.20. The maximum atomic E-state index is 11.1. The molecule has 0 amide bonds. The van der Waals surface area contributed by atoms with Gasteiger partial charge in [-0.15, -0.1) is 0 Å². The van der Waals surface area contributed by atoms with Gasteiger partial charge in [-0.1, -0.05) is 45.3 Å². The van der Waals surface area contributed by atoms with Gasteiger partial charge < -0.3 is 0 Å². The molecule has 15 heavy (non-hydrogen) atoms. The standard InChI is InChI=1S/C9H4Cl2OS3/c10-5-1-3-6(4-2-5)13-9-7(11)8(12)14-15-9/h1-4H. The Morgan fingerprint density at radius 2 is 1.73 bits per heavy atom. The lowest BCUT2D eigenvalue weighted by Gasteiger charge is -1.98. The Bertz CT molecular complexity index is 515. The van der Waals surface area contributed by atoms with Gasteiger partial charge in [0.1, 0.15) is 5.02 Å². The van der Waals surface area contributed by atoms with Crippen LogP contribution in [-0.2, 0) is 0 Å². The third-order valence-corrected chi connectivity index (χ3v) is 6.24. The first-order valence-electron chi connectivity index (χ1n) is 3.89. The SMILES string of the molecule is O=c1ssc(Sc2ccc(Cl)cc2)c1Cl. The molecule has 0 unspecified atom stereocenters. The highest BCUT2D eigenvalue weighted by Crippen LogP contribution is 2.37. The van der Waals surface area contributed by atoms with Crippen LogP contribution in [0.1, 0.15) is 0 Å². The van der Waals surface area contributed by atoms with Gasteiger partial charge in [0.2, 0.25) is 0 Å². The van der Waals surface area contributed by atoms with Crippen LogP contribution >= 0.6 is 55.6 Å². The quantitative estimate of drug-likeness (QED) is 0.751. The average molecular weight is 295 g/mol. The monoisotopic (exact) mass is 294 g/mol.